The van der Waals surface area contributed by atoms with Crippen LogP contribution >= 0.6 is 11.6 Å². The molecular weight excluding hydrogens is 474 g/mol. The molecule has 0 unspecified atom stereocenters. The van der Waals surface area contributed by atoms with Gasteiger partial charge in [-0.1, -0.05) is 35.9 Å². The number of amides is 1. The Bertz CT molecular complexity index is 1540. The predicted octanol–water partition coefficient (Wildman–Crippen LogP) is 4.24. The van der Waals surface area contributed by atoms with Gasteiger partial charge in [-0.15, -0.1) is 0 Å². The summed E-state index contributed by atoms with van der Waals surface area (Å²) in [6.07, 6.45) is 1.82. The monoisotopic (exact) mass is 493 g/mol. The Morgan fingerprint density at radius 2 is 1.85 bits per heavy atom. The van der Waals surface area contributed by atoms with Crippen LogP contribution in [0.4, 0.5) is 0 Å². The molecule has 3 aromatic carbocycles. The normalized spacial score (nSPS) is 13.8. The maximum atomic E-state index is 13.3. The van der Waals surface area contributed by atoms with E-state index in [1.54, 1.807) is 4.90 Å². The van der Waals surface area contributed by atoms with E-state index in [0.717, 1.165) is 27.6 Å². The molecule has 34 heavy (non-hydrogen) atoms. The third-order valence-electron chi connectivity index (χ3n) is 5.75. The number of carbonyl (C=O) groups is 1. The fourth-order valence-electron chi connectivity index (χ4n) is 3.99. The van der Waals surface area contributed by atoms with Crippen molar-refractivity contribution in [1.82, 2.24) is 9.88 Å². The van der Waals surface area contributed by atoms with Crippen LogP contribution in [0.1, 0.15) is 15.9 Å². The summed E-state index contributed by atoms with van der Waals surface area (Å²) >= 11 is 6.23. The number of hydrogen-bond donors (Lipinski definition) is 1. The van der Waals surface area contributed by atoms with Crippen molar-refractivity contribution in [2.24, 2.45) is 5.14 Å². The molecule has 0 fully saturated rings. The van der Waals surface area contributed by atoms with Crippen LogP contribution in [-0.2, 0) is 16.6 Å². The van der Waals surface area contributed by atoms with Gasteiger partial charge in [0.1, 0.15) is 12.4 Å². The maximum absolute atomic E-state index is 13.3. The lowest BCUT2D eigenvalue weighted by Gasteiger charge is -2.21. The van der Waals surface area contributed by atoms with Gasteiger partial charge < -0.3 is 9.64 Å². The number of fused-ring (bicyclic) bond motifs is 2. The van der Waals surface area contributed by atoms with Crippen molar-refractivity contribution in [2.75, 3.05) is 13.2 Å². The van der Waals surface area contributed by atoms with E-state index in [2.05, 4.69) is 11.1 Å². The molecule has 0 radical (unpaired) electrons. The Labute approximate surface area is 201 Å². The van der Waals surface area contributed by atoms with E-state index in [9.17, 15) is 13.2 Å². The average molecular weight is 494 g/mol. The molecule has 1 aromatic heterocycles. The van der Waals surface area contributed by atoms with Crippen LogP contribution in [0.2, 0.25) is 5.02 Å². The molecule has 1 aliphatic rings. The Kier molecular flexibility index (Phi) is 5.73. The molecule has 0 saturated heterocycles. The van der Waals surface area contributed by atoms with Crippen LogP contribution in [0.15, 0.2) is 77.8 Å². The molecule has 0 spiro atoms. The number of aromatic nitrogens is 1. The molecule has 2 N–H and O–H groups in total. The molecule has 9 heteroatoms. The van der Waals surface area contributed by atoms with Gasteiger partial charge in [-0.3, -0.25) is 9.78 Å². The van der Waals surface area contributed by atoms with E-state index in [4.69, 9.17) is 21.5 Å². The summed E-state index contributed by atoms with van der Waals surface area (Å²) in [5.41, 5.74) is 3.72. The van der Waals surface area contributed by atoms with Crippen LogP contribution in [-0.4, -0.2) is 37.4 Å². The molecule has 7 nitrogen and oxygen atoms in total. The van der Waals surface area contributed by atoms with Crippen LogP contribution in [0.5, 0.6) is 5.75 Å². The Hall–Kier alpha value is -3.46. The number of hydrogen-bond acceptors (Lipinski definition) is 5. The molecule has 5 rings (SSSR count). The molecule has 0 atom stereocenters. The lowest BCUT2D eigenvalue weighted by Crippen LogP contribution is -2.32. The van der Waals surface area contributed by atoms with Gasteiger partial charge in [-0.05, 0) is 48.0 Å². The minimum atomic E-state index is -3.97. The molecule has 1 aliphatic heterocycles. The summed E-state index contributed by atoms with van der Waals surface area (Å²) in [5, 5.41) is 6.41. The minimum absolute atomic E-state index is 0.0755. The Morgan fingerprint density at radius 3 is 2.68 bits per heavy atom. The van der Waals surface area contributed by atoms with Crippen molar-refractivity contribution < 1.29 is 17.9 Å². The number of nitrogens with two attached hydrogens (primary N) is 1. The first-order valence-corrected chi connectivity index (χ1v) is 12.4. The molecule has 0 bridgehead atoms. The number of para-hydroxylation sites is 1. The van der Waals surface area contributed by atoms with Crippen LogP contribution in [0.25, 0.3) is 22.0 Å². The molecule has 2 heterocycles. The van der Waals surface area contributed by atoms with Crippen molar-refractivity contribution in [3.05, 3.63) is 89.1 Å². The summed E-state index contributed by atoms with van der Waals surface area (Å²) in [5.74, 6) is 0.293. The van der Waals surface area contributed by atoms with E-state index in [-0.39, 0.29) is 22.0 Å². The van der Waals surface area contributed by atoms with Gasteiger partial charge in [0.05, 0.1) is 27.5 Å². The van der Waals surface area contributed by atoms with Gasteiger partial charge in [0.25, 0.3) is 5.91 Å². The zero-order valence-electron chi connectivity index (χ0n) is 17.9. The van der Waals surface area contributed by atoms with Gasteiger partial charge in [0.2, 0.25) is 10.0 Å². The first kappa shape index (κ1) is 22.3. The van der Waals surface area contributed by atoms with Crippen molar-refractivity contribution in [3.63, 3.8) is 0 Å². The highest BCUT2D eigenvalue weighted by Crippen LogP contribution is 2.31. The highest BCUT2D eigenvalue weighted by Gasteiger charge is 2.24. The molecular formula is C25H20ClN3O4S. The van der Waals surface area contributed by atoms with E-state index in [1.807, 2.05) is 48.7 Å². The Balaban J connectivity index is 1.48. The topological polar surface area (TPSA) is 103 Å². The summed E-state index contributed by atoms with van der Waals surface area (Å²) < 4.78 is 29.4. The summed E-state index contributed by atoms with van der Waals surface area (Å²) in [6.45, 7) is 0.886. The lowest BCUT2D eigenvalue weighted by atomic mass is 10.0. The van der Waals surface area contributed by atoms with E-state index in [0.29, 0.717) is 18.9 Å². The smallest absolute Gasteiger partial charge is 0.255 e. The number of nitrogens with zero attached hydrogens (tertiary/aromatic N) is 2. The van der Waals surface area contributed by atoms with Gasteiger partial charge >= 0.3 is 0 Å². The van der Waals surface area contributed by atoms with Crippen molar-refractivity contribution in [1.29, 1.82) is 0 Å². The van der Waals surface area contributed by atoms with Crippen LogP contribution in [0.3, 0.4) is 0 Å². The van der Waals surface area contributed by atoms with Crippen LogP contribution < -0.4 is 9.88 Å². The third kappa shape index (κ3) is 4.35. The minimum Gasteiger partial charge on any atom is -0.491 e. The fraction of sp³-hybridized carbons (Fsp3) is 0.120. The zero-order valence-corrected chi connectivity index (χ0v) is 19.5. The quantitative estimate of drug-likeness (QED) is 0.460. The number of primary sulfonamides is 1. The van der Waals surface area contributed by atoms with Gasteiger partial charge in [0, 0.05) is 29.3 Å². The second-order valence-corrected chi connectivity index (χ2v) is 9.97. The number of sulfonamides is 1. The Morgan fingerprint density at radius 1 is 1.03 bits per heavy atom. The first-order chi connectivity index (χ1) is 16.3. The second-order valence-electron chi connectivity index (χ2n) is 8.00. The van der Waals surface area contributed by atoms with Crippen molar-refractivity contribution >= 4 is 38.4 Å². The number of benzene rings is 3. The highest BCUT2D eigenvalue weighted by atomic mass is 35.5. The van der Waals surface area contributed by atoms with Gasteiger partial charge in [-0.25, -0.2) is 13.6 Å². The SMILES string of the molecule is NS(=O)(=O)c1ccc(Cl)c(C(=O)N2CCOc3ccc(-c4cnc5ccccc5c4)cc3C2)c1. The number of halogens is 1. The maximum Gasteiger partial charge on any atom is 0.255 e. The van der Waals surface area contributed by atoms with E-state index < -0.39 is 15.9 Å². The second kappa shape index (κ2) is 8.72. The molecule has 172 valence electrons. The lowest BCUT2D eigenvalue weighted by molar-refractivity contribution is 0.0733. The molecule has 1 amide bonds. The van der Waals surface area contributed by atoms with Crippen molar-refractivity contribution in [2.45, 2.75) is 11.4 Å². The van der Waals surface area contributed by atoms with Gasteiger partial charge in [0.15, 0.2) is 0 Å². The zero-order chi connectivity index (χ0) is 23.9. The van der Waals surface area contributed by atoms with E-state index in [1.165, 1.54) is 18.2 Å². The fourth-order valence-corrected chi connectivity index (χ4v) is 4.73. The standard InChI is InChI=1S/C25H20ClN3O4S/c26-22-7-6-20(34(27,31)32)13-21(22)25(30)29-9-10-33-24-8-5-16(11-19(24)15-29)18-12-17-3-1-2-4-23(17)28-14-18/h1-8,11-14H,9-10,15H2,(H2,27,31,32). The third-order valence-corrected chi connectivity index (χ3v) is 6.99. The van der Waals surface area contributed by atoms with Crippen molar-refractivity contribution in [3.8, 4) is 16.9 Å². The number of pyridine rings is 1. The molecule has 4 aromatic rings. The summed E-state index contributed by atoms with van der Waals surface area (Å²) in [6, 6.07) is 19.7. The highest BCUT2D eigenvalue weighted by molar-refractivity contribution is 7.89. The summed E-state index contributed by atoms with van der Waals surface area (Å²) in [4.78, 5) is 19.3. The first-order valence-electron chi connectivity index (χ1n) is 10.5. The average Bonchev–Trinajstić information content (AvgIpc) is 3.05. The van der Waals surface area contributed by atoms with E-state index >= 15 is 0 Å². The number of rotatable bonds is 3. The molecule has 0 saturated carbocycles. The molecule has 0 aliphatic carbocycles. The van der Waals surface area contributed by atoms with Crippen LogP contribution in [0, 0.1) is 0 Å². The predicted molar refractivity (Wildman–Crippen MR) is 130 cm³/mol. The largest absolute Gasteiger partial charge is 0.491 e. The summed E-state index contributed by atoms with van der Waals surface area (Å²) in [7, 11) is -3.97. The number of carbonyl (C=O) groups excluding carboxylic acids is 1. The number of ether oxygens (including phenoxy) is 1. The van der Waals surface area contributed by atoms with Gasteiger partial charge in [-0.2, -0.15) is 0 Å².